The third-order valence-corrected chi connectivity index (χ3v) is 2.64. The molecule has 1 fully saturated rings. The van der Waals surface area contributed by atoms with Crippen LogP contribution in [0.5, 0.6) is 0 Å². The molecule has 0 unspecified atom stereocenters. The summed E-state index contributed by atoms with van der Waals surface area (Å²) in [6.45, 7) is 10.1. The van der Waals surface area contributed by atoms with Crippen LogP contribution in [0.25, 0.3) is 0 Å². The number of carboxylic acid groups (broad SMARTS) is 1. The molecule has 1 aliphatic heterocycles. The van der Waals surface area contributed by atoms with E-state index < -0.39 is 12.0 Å². The Kier molecular flexibility index (Phi) is 7.54. The molecule has 94 valence electrons. The van der Waals surface area contributed by atoms with Gasteiger partial charge in [0.25, 0.3) is 0 Å². The second-order valence-electron chi connectivity index (χ2n) is 3.62. The van der Waals surface area contributed by atoms with E-state index in [1.54, 1.807) is 0 Å². The molecule has 5 heteroatoms. The van der Waals surface area contributed by atoms with Crippen molar-refractivity contribution in [2.75, 3.05) is 19.6 Å². The van der Waals surface area contributed by atoms with Crippen LogP contribution in [0, 0.1) is 0 Å². The molecular weight excluding hydrogens is 208 g/mol. The highest BCUT2D eigenvalue weighted by Gasteiger charge is 2.26. The minimum absolute atomic E-state index is 0.164. The van der Waals surface area contributed by atoms with E-state index in [2.05, 4.69) is 31.0 Å². The lowest BCUT2D eigenvalue weighted by Crippen LogP contribution is -2.32. The summed E-state index contributed by atoms with van der Waals surface area (Å²) >= 11 is 0. The zero-order valence-electron chi connectivity index (χ0n) is 10.3. The summed E-state index contributed by atoms with van der Waals surface area (Å²) in [7, 11) is 0. The van der Waals surface area contributed by atoms with E-state index in [1.807, 2.05) is 0 Å². The maximum Gasteiger partial charge on any atom is 0.326 e. The van der Waals surface area contributed by atoms with Crippen LogP contribution in [-0.4, -0.2) is 47.6 Å². The molecule has 0 radical (unpaired) electrons. The van der Waals surface area contributed by atoms with E-state index in [9.17, 15) is 9.59 Å². The van der Waals surface area contributed by atoms with Crippen molar-refractivity contribution >= 4 is 11.9 Å². The van der Waals surface area contributed by atoms with Crippen LogP contribution < -0.4 is 5.32 Å². The van der Waals surface area contributed by atoms with Gasteiger partial charge in [0.15, 0.2) is 0 Å². The fraction of sp³-hybridized carbons (Fsp3) is 0.818. The summed E-state index contributed by atoms with van der Waals surface area (Å²) in [6, 6.07) is -0.641. The average Bonchev–Trinajstić information content (AvgIpc) is 2.69. The monoisotopic (exact) mass is 230 g/mol. The smallest absolute Gasteiger partial charge is 0.326 e. The van der Waals surface area contributed by atoms with Crippen LogP contribution in [0.15, 0.2) is 0 Å². The first-order valence-electron chi connectivity index (χ1n) is 5.79. The Morgan fingerprint density at radius 2 is 1.88 bits per heavy atom. The second kappa shape index (κ2) is 8.10. The van der Waals surface area contributed by atoms with Crippen molar-refractivity contribution in [3.8, 4) is 0 Å². The molecular formula is C11H22N2O3. The van der Waals surface area contributed by atoms with E-state index in [4.69, 9.17) is 5.11 Å². The summed E-state index contributed by atoms with van der Waals surface area (Å²) in [5.41, 5.74) is 0. The van der Waals surface area contributed by atoms with E-state index in [0.29, 0.717) is 12.8 Å². The number of rotatable bonds is 4. The largest absolute Gasteiger partial charge is 0.480 e. The second-order valence-corrected chi connectivity index (χ2v) is 3.62. The average molecular weight is 230 g/mol. The molecule has 0 aromatic heterocycles. The topological polar surface area (TPSA) is 69.6 Å². The molecule has 1 aliphatic rings. The Balaban J connectivity index is 0.000000293. The maximum atomic E-state index is 10.4. The van der Waals surface area contributed by atoms with Crippen molar-refractivity contribution < 1.29 is 14.7 Å². The van der Waals surface area contributed by atoms with Crippen LogP contribution in [0.4, 0.5) is 0 Å². The van der Waals surface area contributed by atoms with Crippen molar-refractivity contribution in [2.45, 2.75) is 39.7 Å². The van der Waals surface area contributed by atoms with Crippen LogP contribution in [0.1, 0.15) is 33.6 Å². The third-order valence-electron chi connectivity index (χ3n) is 2.64. The van der Waals surface area contributed by atoms with Gasteiger partial charge in [-0.05, 0) is 26.1 Å². The Morgan fingerprint density at radius 3 is 2.00 bits per heavy atom. The van der Waals surface area contributed by atoms with Crippen molar-refractivity contribution in [1.29, 1.82) is 0 Å². The van der Waals surface area contributed by atoms with Gasteiger partial charge in [0.1, 0.15) is 6.04 Å². The Hall–Kier alpha value is -1.10. The number of carbonyl (C=O) groups is 2. The third kappa shape index (κ3) is 5.70. The highest BCUT2D eigenvalue weighted by Crippen LogP contribution is 2.05. The molecule has 1 atom stereocenters. The van der Waals surface area contributed by atoms with E-state index in [-0.39, 0.29) is 5.91 Å². The minimum Gasteiger partial charge on any atom is -0.480 e. The summed E-state index contributed by atoms with van der Waals surface area (Å²) in [5.74, 6) is -1.11. The normalized spacial score (nSPS) is 19.0. The molecule has 16 heavy (non-hydrogen) atoms. The first-order chi connectivity index (χ1) is 7.54. The zero-order chi connectivity index (χ0) is 12.6. The standard InChI is InChI=1S/C6H15N.C5H7NO3/c1-4-7(5-2)6-3;7-4-2-1-3(6-4)5(8)9/h4-6H2,1-3H3;3H,1-2H2,(H,6,7)(H,8,9)/t;3-/m.0/s1. The number of hydrogen-bond acceptors (Lipinski definition) is 3. The van der Waals surface area contributed by atoms with Crippen molar-refractivity contribution in [2.24, 2.45) is 0 Å². The summed E-state index contributed by atoms with van der Waals surface area (Å²) in [5, 5.41) is 10.6. The summed E-state index contributed by atoms with van der Waals surface area (Å²) in [4.78, 5) is 22.9. The number of aliphatic carboxylic acids is 1. The number of carbonyl (C=O) groups excluding carboxylic acids is 1. The lowest BCUT2D eigenvalue weighted by Gasteiger charge is -2.13. The van der Waals surface area contributed by atoms with Gasteiger partial charge in [0, 0.05) is 6.42 Å². The predicted molar refractivity (Wildman–Crippen MR) is 62.3 cm³/mol. The Morgan fingerprint density at radius 1 is 1.38 bits per heavy atom. The van der Waals surface area contributed by atoms with E-state index >= 15 is 0 Å². The maximum absolute atomic E-state index is 10.4. The highest BCUT2D eigenvalue weighted by atomic mass is 16.4. The van der Waals surface area contributed by atoms with Gasteiger partial charge >= 0.3 is 5.97 Å². The van der Waals surface area contributed by atoms with Crippen molar-refractivity contribution in [3.63, 3.8) is 0 Å². The first kappa shape index (κ1) is 14.9. The van der Waals surface area contributed by atoms with Crippen molar-refractivity contribution in [3.05, 3.63) is 0 Å². The minimum atomic E-state index is -0.944. The molecule has 1 amide bonds. The molecule has 2 N–H and O–H groups in total. The fourth-order valence-corrected chi connectivity index (χ4v) is 1.47. The van der Waals surface area contributed by atoms with Crippen LogP contribution in [0.3, 0.4) is 0 Å². The summed E-state index contributed by atoms with van der Waals surface area (Å²) < 4.78 is 0. The fourth-order valence-electron chi connectivity index (χ4n) is 1.47. The Bertz CT molecular complexity index is 222. The predicted octanol–water partition coefficient (Wildman–Crippen LogP) is 0.698. The first-order valence-corrected chi connectivity index (χ1v) is 5.79. The van der Waals surface area contributed by atoms with Gasteiger partial charge < -0.3 is 15.3 Å². The van der Waals surface area contributed by atoms with Gasteiger partial charge in [-0.1, -0.05) is 20.8 Å². The van der Waals surface area contributed by atoms with Gasteiger partial charge in [-0.2, -0.15) is 0 Å². The number of nitrogens with one attached hydrogen (secondary N) is 1. The molecule has 0 aliphatic carbocycles. The highest BCUT2D eigenvalue weighted by molar-refractivity contribution is 5.87. The number of hydrogen-bond donors (Lipinski definition) is 2. The molecule has 1 rings (SSSR count). The van der Waals surface area contributed by atoms with Gasteiger partial charge in [0.2, 0.25) is 5.91 Å². The van der Waals surface area contributed by atoms with Gasteiger partial charge in [-0.3, -0.25) is 4.79 Å². The quantitative estimate of drug-likeness (QED) is 0.746. The molecule has 0 aromatic carbocycles. The molecule has 0 spiro atoms. The molecule has 0 aromatic rings. The summed E-state index contributed by atoms with van der Waals surface area (Å²) in [6.07, 6.45) is 0.769. The molecule has 0 bridgehead atoms. The lowest BCUT2D eigenvalue weighted by molar-refractivity contribution is -0.140. The number of nitrogens with zero attached hydrogens (tertiary/aromatic N) is 1. The van der Waals surface area contributed by atoms with Gasteiger partial charge in [-0.25, -0.2) is 4.79 Å². The zero-order valence-corrected chi connectivity index (χ0v) is 10.3. The molecule has 1 heterocycles. The van der Waals surface area contributed by atoms with E-state index in [0.717, 1.165) is 0 Å². The molecule has 0 saturated carbocycles. The van der Waals surface area contributed by atoms with E-state index in [1.165, 1.54) is 19.6 Å². The van der Waals surface area contributed by atoms with Crippen molar-refractivity contribution in [1.82, 2.24) is 10.2 Å². The van der Waals surface area contributed by atoms with Gasteiger partial charge in [-0.15, -0.1) is 0 Å². The Labute approximate surface area is 96.8 Å². The SMILES string of the molecule is CCN(CC)CC.O=C1CC[C@@H](C(=O)O)N1. The molecule has 1 saturated heterocycles. The van der Waals surface area contributed by atoms with Crippen LogP contribution in [0.2, 0.25) is 0 Å². The number of amides is 1. The van der Waals surface area contributed by atoms with Crippen LogP contribution in [-0.2, 0) is 9.59 Å². The van der Waals surface area contributed by atoms with Crippen LogP contribution >= 0.6 is 0 Å². The van der Waals surface area contributed by atoms with Gasteiger partial charge in [0.05, 0.1) is 0 Å². The lowest BCUT2D eigenvalue weighted by atomic mass is 10.2. The number of carboxylic acids is 1. The molecule has 5 nitrogen and oxygen atoms in total.